The Morgan fingerprint density at radius 2 is 1.71 bits per heavy atom. The summed E-state index contributed by atoms with van der Waals surface area (Å²) in [6.45, 7) is 9.79. The van der Waals surface area contributed by atoms with Crippen LogP contribution in [0.15, 0.2) is 6.33 Å². The van der Waals surface area contributed by atoms with E-state index in [4.69, 9.17) is 0 Å². The highest BCUT2D eigenvalue weighted by atomic mass is 15.1. The van der Waals surface area contributed by atoms with Crippen LogP contribution in [-0.2, 0) is 6.42 Å². The molecule has 0 aromatic carbocycles. The second-order valence-corrected chi connectivity index (χ2v) is 5.60. The molecule has 0 aliphatic heterocycles. The van der Waals surface area contributed by atoms with Gasteiger partial charge in [0.25, 0.3) is 0 Å². The van der Waals surface area contributed by atoms with Gasteiger partial charge in [-0.15, -0.1) is 0 Å². The molecule has 0 amide bonds. The Labute approximate surface area is 130 Å². The first-order chi connectivity index (χ1) is 10.3. The smallest absolute Gasteiger partial charge is 0.134 e. The predicted octanol–water partition coefficient (Wildman–Crippen LogP) is 4.63. The van der Waals surface area contributed by atoms with Gasteiger partial charge in [0.2, 0.25) is 0 Å². The Hall–Kier alpha value is -1.32. The van der Waals surface area contributed by atoms with E-state index in [9.17, 15) is 0 Å². The molecule has 2 N–H and O–H groups in total. The summed E-state index contributed by atoms with van der Waals surface area (Å²) in [5.74, 6) is 2.00. The molecule has 0 bridgehead atoms. The third-order valence-electron chi connectivity index (χ3n) is 3.73. The SMILES string of the molecule is CCCCC(CCC)Nc1ncnc(NCCC)c1CC. The van der Waals surface area contributed by atoms with Gasteiger partial charge in [0.1, 0.15) is 18.0 Å². The summed E-state index contributed by atoms with van der Waals surface area (Å²) in [5.41, 5.74) is 1.21. The molecule has 1 aromatic heterocycles. The largest absolute Gasteiger partial charge is 0.370 e. The molecule has 0 spiro atoms. The molecule has 21 heavy (non-hydrogen) atoms. The molecular weight excluding hydrogens is 260 g/mol. The Morgan fingerprint density at radius 3 is 2.33 bits per heavy atom. The first-order valence-corrected chi connectivity index (χ1v) is 8.60. The third-order valence-corrected chi connectivity index (χ3v) is 3.73. The van der Waals surface area contributed by atoms with E-state index >= 15 is 0 Å². The minimum atomic E-state index is 0.522. The molecule has 0 radical (unpaired) electrons. The second kappa shape index (κ2) is 10.4. The van der Waals surface area contributed by atoms with Crippen molar-refractivity contribution in [1.82, 2.24) is 9.97 Å². The van der Waals surface area contributed by atoms with Crippen molar-refractivity contribution >= 4 is 11.6 Å². The molecule has 1 heterocycles. The summed E-state index contributed by atoms with van der Waals surface area (Å²) in [4.78, 5) is 8.89. The van der Waals surface area contributed by atoms with Gasteiger partial charge in [0.15, 0.2) is 0 Å². The summed E-state index contributed by atoms with van der Waals surface area (Å²) in [6, 6.07) is 0.522. The number of unbranched alkanes of at least 4 members (excludes halogenated alkanes) is 1. The molecule has 0 saturated heterocycles. The Balaban J connectivity index is 2.83. The van der Waals surface area contributed by atoms with Crippen molar-refractivity contribution < 1.29 is 0 Å². The molecule has 1 atom stereocenters. The third kappa shape index (κ3) is 5.90. The van der Waals surface area contributed by atoms with E-state index < -0.39 is 0 Å². The summed E-state index contributed by atoms with van der Waals surface area (Å²) in [5, 5.41) is 7.07. The molecule has 120 valence electrons. The molecule has 0 fully saturated rings. The number of aromatic nitrogens is 2. The van der Waals surface area contributed by atoms with Crippen molar-refractivity contribution in [2.75, 3.05) is 17.2 Å². The minimum Gasteiger partial charge on any atom is -0.370 e. The highest BCUT2D eigenvalue weighted by Gasteiger charge is 2.13. The zero-order chi connectivity index (χ0) is 15.5. The van der Waals surface area contributed by atoms with Crippen LogP contribution in [0.2, 0.25) is 0 Å². The first kappa shape index (κ1) is 17.7. The average molecular weight is 292 g/mol. The van der Waals surface area contributed by atoms with E-state index in [0.717, 1.165) is 31.0 Å². The monoisotopic (exact) mass is 292 g/mol. The Bertz CT molecular complexity index is 392. The van der Waals surface area contributed by atoms with Crippen LogP contribution >= 0.6 is 0 Å². The van der Waals surface area contributed by atoms with Gasteiger partial charge >= 0.3 is 0 Å². The summed E-state index contributed by atoms with van der Waals surface area (Å²) < 4.78 is 0. The summed E-state index contributed by atoms with van der Waals surface area (Å²) in [7, 11) is 0. The van der Waals surface area contributed by atoms with Crippen LogP contribution in [0.5, 0.6) is 0 Å². The molecule has 4 nitrogen and oxygen atoms in total. The van der Waals surface area contributed by atoms with Gasteiger partial charge in [-0.1, -0.05) is 47.0 Å². The standard InChI is InChI=1S/C17H32N4/c1-5-9-11-14(10-6-2)21-17-15(8-4)16(18-12-7-3)19-13-20-17/h13-14H,5-12H2,1-4H3,(H2,18,19,20,21). The zero-order valence-electron chi connectivity index (χ0n) is 14.2. The summed E-state index contributed by atoms with van der Waals surface area (Å²) >= 11 is 0. The van der Waals surface area contributed by atoms with Gasteiger partial charge < -0.3 is 10.6 Å². The van der Waals surface area contributed by atoms with E-state index in [1.54, 1.807) is 6.33 Å². The summed E-state index contributed by atoms with van der Waals surface area (Å²) in [6.07, 6.45) is 9.85. The van der Waals surface area contributed by atoms with Crippen molar-refractivity contribution in [1.29, 1.82) is 0 Å². The molecule has 4 heteroatoms. The van der Waals surface area contributed by atoms with Gasteiger partial charge in [0, 0.05) is 18.2 Å². The van der Waals surface area contributed by atoms with Gasteiger partial charge in [-0.2, -0.15) is 0 Å². The fourth-order valence-electron chi connectivity index (χ4n) is 2.55. The van der Waals surface area contributed by atoms with Gasteiger partial charge in [-0.3, -0.25) is 0 Å². The molecule has 0 aliphatic rings. The van der Waals surface area contributed by atoms with Crippen LogP contribution in [0, 0.1) is 0 Å². The lowest BCUT2D eigenvalue weighted by Crippen LogP contribution is -2.21. The quantitative estimate of drug-likeness (QED) is 0.624. The number of nitrogens with zero attached hydrogens (tertiary/aromatic N) is 2. The predicted molar refractivity (Wildman–Crippen MR) is 92.0 cm³/mol. The van der Waals surface area contributed by atoms with Crippen LogP contribution in [0.1, 0.15) is 71.8 Å². The lowest BCUT2D eigenvalue weighted by molar-refractivity contribution is 0.562. The lowest BCUT2D eigenvalue weighted by Gasteiger charge is -2.21. The van der Waals surface area contributed by atoms with E-state index in [0.29, 0.717) is 6.04 Å². The molecule has 0 aliphatic carbocycles. The molecule has 0 saturated carbocycles. The van der Waals surface area contributed by atoms with Crippen LogP contribution in [-0.4, -0.2) is 22.6 Å². The van der Waals surface area contributed by atoms with Gasteiger partial charge in [-0.25, -0.2) is 9.97 Å². The van der Waals surface area contributed by atoms with Crippen LogP contribution in [0.25, 0.3) is 0 Å². The number of rotatable bonds is 11. The molecule has 1 aromatic rings. The molecule has 1 unspecified atom stereocenters. The lowest BCUT2D eigenvalue weighted by atomic mass is 10.0. The highest BCUT2D eigenvalue weighted by molar-refractivity contribution is 5.57. The van der Waals surface area contributed by atoms with Crippen molar-refractivity contribution in [2.45, 2.75) is 78.7 Å². The van der Waals surface area contributed by atoms with Crippen molar-refractivity contribution in [3.63, 3.8) is 0 Å². The number of hydrogen-bond donors (Lipinski definition) is 2. The molecule has 1 rings (SSSR count). The van der Waals surface area contributed by atoms with Crippen molar-refractivity contribution in [3.8, 4) is 0 Å². The van der Waals surface area contributed by atoms with Crippen LogP contribution < -0.4 is 10.6 Å². The fraction of sp³-hybridized carbons (Fsp3) is 0.765. The van der Waals surface area contributed by atoms with E-state index in [1.165, 1.54) is 37.7 Å². The van der Waals surface area contributed by atoms with Crippen LogP contribution in [0.3, 0.4) is 0 Å². The highest BCUT2D eigenvalue weighted by Crippen LogP contribution is 2.23. The number of hydrogen-bond acceptors (Lipinski definition) is 4. The minimum absolute atomic E-state index is 0.522. The molecular formula is C17H32N4. The maximum absolute atomic E-state index is 4.49. The average Bonchev–Trinajstić information content (AvgIpc) is 2.50. The van der Waals surface area contributed by atoms with Gasteiger partial charge in [-0.05, 0) is 25.7 Å². The fourth-order valence-corrected chi connectivity index (χ4v) is 2.55. The van der Waals surface area contributed by atoms with E-state index in [1.807, 2.05) is 0 Å². The topological polar surface area (TPSA) is 49.8 Å². The van der Waals surface area contributed by atoms with Gasteiger partial charge in [0.05, 0.1) is 0 Å². The number of anilines is 2. The maximum Gasteiger partial charge on any atom is 0.134 e. The van der Waals surface area contributed by atoms with Crippen molar-refractivity contribution in [3.05, 3.63) is 11.9 Å². The Kier molecular flexibility index (Phi) is 8.79. The zero-order valence-corrected chi connectivity index (χ0v) is 14.2. The maximum atomic E-state index is 4.49. The van der Waals surface area contributed by atoms with Crippen molar-refractivity contribution in [2.24, 2.45) is 0 Å². The second-order valence-electron chi connectivity index (χ2n) is 5.60. The van der Waals surface area contributed by atoms with Crippen LogP contribution in [0.4, 0.5) is 11.6 Å². The Morgan fingerprint density at radius 1 is 0.952 bits per heavy atom. The van der Waals surface area contributed by atoms with E-state index in [-0.39, 0.29) is 0 Å². The van der Waals surface area contributed by atoms with E-state index in [2.05, 4.69) is 48.3 Å². The first-order valence-electron chi connectivity index (χ1n) is 8.60. The number of nitrogens with one attached hydrogen (secondary N) is 2. The normalized spacial score (nSPS) is 12.2.